The molecule has 0 aliphatic heterocycles. The van der Waals surface area contributed by atoms with Crippen LogP contribution in [-0.4, -0.2) is 29.4 Å². The molecule has 0 bridgehead atoms. The first-order valence-corrected chi connectivity index (χ1v) is 4.51. The fourth-order valence-electron chi connectivity index (χ4n) is 1.08. The zero-order chi connectivity index (χ0) is 11.3. The van der Waals surface area contributed by atoms with Crippen molar-refractivity contribution in [3.8, 4) is 5.75 Å². The average Bonchev–Trinajstić information content (AvgIpc) is 2.18. The molecular formula is C10H13NO4. The van der Waals surface area contributed by atoms with E-state index in [0.717, 1.165) is 0 Å². The van der Waals surface area contributed by atoms with Gasteiger partial charge in [0.05, 0.1) is 6.61 Å². The highest BCUT2D eigenvalue weighted by Crippen LogP contribution is 2.21. The number of carboxylic acid groups (broad SMARTS) is 1. The standard InChI is InChI=1S/C10H13NO4/c11-7-2-3-8(10(13)14)9(6-7)15-5-1-4-12/h2-3,6,12H,1,4-5,11H2,(H,13,14). The topological polar surface area (TPSA) is 92.8 Å². The van der Waals surface area contributed by atoms with Crippen LogP contribution in [-0.2, 0) is 0 Å². The summed E-state index contributed by atoms with van der Waals surface area (Å²) in [5.74, 6) is -0.829. The molecule has 1 aromatic rings. The predicted molar refractivity (Wildman–Crippen MR) is 55.0 cm³/mol. The van der Waals surface area contributed by atoms with E-state index in [9.17, 15) is 4.79 Å². The van der Waals surface area contributed by atoms with Crippen LogP contribution in [0.25, 0.3) is 0 Å². The first kappa shape index (κ1) is 11.3. The van der Waals surface area contributed by atoms with Gasteiger partial charge in [0.15, 0.2) is 0 Å². The molecule has 0 aliphatic rings. The lowest BCUT2D eigenvalue weighted by Crippen LogP contribution is -2.06. The summed E-state index contributed by atoms with van der Waals surface area (Å²) in [6.45, 7) is 0.269. The van der Waals surface area contributed by atoms with Crippen molar-refractivity contribution in [2.24, 2.45) is 0 Å². The van der Waals surface area contributed by atoms with Gasteiger partial charge in [-0.25, -0.2) is 4.79 Å². The molecule has 0 unspecified atom stereocenters. The summed E-state index contributed by atoms with van der Waals surface area (Å²) in [6.07, 6.45) is 0.452. The van der Waals surface area contributed by atoms with Crippen molar-refractivity contribution in [1.29, 1.82) is 0 Å². The number of nitrogens with two attached hydrogens (primary N) is 1. The summed E-state index contributed by atoms with van der Waals surface area (Å²) < 4.78 is 5.20. The zero-order valence-corrected chi connectivity index (χ0v) is 8.14. The summed E-state index contributed by atoms with van der Waals surface area (Å²) in [5, 5.41) is 17.4. The molecule has 4 N–H and O–H groups in total. The van der Waals surface area contributed by atoms with Gasteiger partial charge in [0.25, 0.3) is 0 Å². The lowest BCUT2D eigenvalue weighted by atomic mass is 10.2. The van der Waals surface area contributed by atoms with Crippen molar-refractivity contribution < 1.29 is 19.7 Å². The molecule has 15 heavy (non-hydrogen) atoms. The number of carbonyl (C=O) groups is 1. The third-order valence-corrected chi connectivity index (χ3v) is 1.80. The molecule has 0 saturated carbocycles. The third-order valence-electron chi connectivity index (χ3n) is 1.80. The molecule has 0 amide bonds. The van der Waals surface area contributed by atoms with Gasteiger partial charge in [-0.2, -0.15) is 0 Å². The fraction of sp³-hybridized carbons (Fsp3) is 0.300. The van der Waals surface area contributed by atoms with E-state index in [-0.39, 0.29) is 24.5 Å². The quantitative estimate of drug-likeness (QED) is 0.493. The molecule has 0 aromatic heterocycles. The zero-order valence-electron chi connectivity index (χ0n) is 8.14. The molecule has 0 atom stereocenters. The van der Waals surface area contributed by atoms with Crippen LogP contribution in [0.5, 0.6) is 5.75 Å². The Morgan fingerprint density at radius 1 is 1.47 bits per heavy atom. The molecule has 0 saturated heterocycles. The Balaban J connectivity index is 2.82. The number of ether oxygens (including phenoxy) is 1. The van der Waals surface area contributed by atoms with E-state index in [1.807, 2.05) is 0 Å². The largest absolute Gasteiger partial charge is 0.493 e. The summed E-state index contributed by atoms with van der Waals surface area (Å²) in [5.41, 5.74) is 6.02. The number of hydrogen-bond acceptors (Lipinski definition) is 4. The lowest BCUT2D eigenvalue weighted by Gasteiger charge is -2.08. The average molecular weight is 211 g/mol. The maximum Gasteiger partial charge on any atom is 0.339 e. The smallest absolute Gasteiger partial charge is 0.339 e. The second-order valence-electron chi connectivity index (χ2n) is 2.99. The second kappa shape index (κ2) is 5.21. The first-order valence-electron chi connectivity index (χ1n) is 4.51. The van der Waals surface area contributed by atoms with E-state index in [0.29, 0.717) is 12.1 Å². The number of carboxylic acids is 1. The van der Waals surface area contributed by atoms with Crippen molar-refractivity contribution in [2.45, 2.75) is 6.42 Å². The van der Waals surface area contributed by atoms with Gasteiger partial charge in [-0.3, -0.25) is 0 Å². The van der Waals surface area contributed by atoms with Gasteiger partial charge < -0.3 is 20.7 Å². The van der Waals surface area contributed by atoms with Gasteiger partial charge in [-0.05, 0) is 12.1 Å². The van der Waals surface area contributed by atoms with Crippen LogP contribution in [0.4, 0.5) is 5.69 Å². The monoisotopic (exact) mass is 211 g/mol. The van der Waals surface area contributed by atoms with E-state index < -0.39 is 5.97 Å². The number of rotatable bonds is 5. The minimum absolute atomic E-state index is 0.00468. The number of nitrogen functional groups attached to an aromatic ring is 1. The van der Waals surface area contributed by atoms with Gasteiger partial charge >= 0.3 is 5.97 Å². The highest BCUT2D eigenvalue weighted by atomic mass is 16.5. The molecule has 0 fully saturated rings. The van der Waals surface area contributed by atoms with Gasteiger partial charge in [-0.15, -0.1) is 0 Å². The molecule has 5 heteroatoms. The Morgan fingerprint density at radius 3 is 2.80 bits per heavy atom. The van der Waals surface area contributed by atoms with Gasteiger partial charge in [-0.1, -0.05) is 0 Å². The molecule has 0 heterocycles. The molecule has 0 aliphatic carbocycles. The van der Waals surface area contributed by atoms with Crippen molar-refractivity contribution >= 4 is 11.7 Å². The Kier molecular flexibility index (Phi) is 3.93. The summed E-state index contributed by atoms with van der Waals surface area (Å²) in [4.78, 5) is 10.8. The number of aliphatic hydroxyl groups excluding tert-OH is 1. The predicted octanol–water partition coefficient (Wildman–Crippen LogP) is 0.728. The number of benzene rings is 1. The molecule has 1 rings (SSSR count). The summed E-state index contributed by atoms with van der Waals surface area (Å²) >= 11 is 0. The highest BCUT2D eigenvalue weighted by molar-refractivity contribution is 5.91. The second-order valence-corrected chi connectivity index (χ2v) is 2.99. The van der Waals surface area contributed by atoms with Crippen LogP contribution >= 0.6 is 0 Å². The maximum absolute atomic E-state index is 10.8. The first-order chi connectivity index (χ1) is 7.15. The van der Waals surface area contributed by atoms with E-state index in [1.54, 1.807) is 0 Å². The third kappa shape index (κ3) is 3.14. The number of aromatic carboxylic acids is 1. The molecule has 0 spiro atoms. The Morgan fingerprint density at radius 2 is 2.20 bits per heavy atom. The Hall–Kier alpha value is -1.75. The number of aliphatic hydroxyl groups is 1. The minimum Gasteiger partial charge on any atom is -0.493 e. The molecule has 82 valence electrons. The lowest BCUT2D eigenvalue weighted by molar-refractivity contribution is 0.0692. The van der Waals surface area contributed by atoms with Gasteiger partial charge in [0, 0.05) is 24.8 Å². The maximum atomic E-state index is 10.8. The van der Waals surface area contributed by atoms with Gasteiger partial charge in [0.2, 0.25) is 0 Å². The highest BCUT2D eigenvalue weighted by Gasteiger charge is 2.10. The van der Waals surface area contributed by atoms with E-state index in [1.165, 1.54) is 18.2 Å². The van der Waals surface area contributed by atoms with Crippen molar-refractivity contribution in [3.63, 3.8) is 0 Å². The SMILES string of the molecule is Nc1ccc(C(=O)O)c(OCCCO)c1. The fourth-order valence-corrected chi connectivity index (χ4v) is 1.08. The van der Waals surface area contributed by atoms with Crippen LogP contribution in [0.15, 0.2) is 18.2 Å². The van der Waals surface area contributed by atoms with Crippen molar-refractivity contribution in [3.05, 3.63) is 23.8 Å². The van der Waals surface area contributed by atoms with Crippen molar-refractivity contribution in [1.82, 2.24) is 0 Å². The van der Waals surface area contributed by atoms with Crippen LogP contribution in [0.1, 0.15) is 16.8 Å². The Bertz CT molecular complexity index is 351. The van der Waals surface area contributed by atoms with E-state index >= 15 is 0 Å². The Labute approximate surface area is 87.1 Å². The van der Waals surface area contributed by atoms with Crippen LogP contribution < -0.4 is 10.5 Å². The van der Waals surface area contributed by atoms with Crippen LogP contribution in [0.3, 0.4) is 0 Å². The summed E-state index contributed by atoms with van der Waals surface area (Å²) in [6, 6.07) is 4.36. The van der Waals surface area contributed by atoms with Crippen LogP contribution in [0, 0.1) is 0 Å². The summed E-state index contributed by atoms with van der Waals surface area (Å²) in [7, 11) is 0. The molecule has 0 radical (unpaired) electrons. The molecule has 5 nitrogen and oxygen atoms in total. The van der Waals surface area contributed by atoms with E-state index in [4.69, 9.17) is 20.7 Å². The number of hydrogen-bond donors (Lipinski definition) is 3. The van der Waals surface area contributed by atoms with E-state index in [2.05, 4.69) is 0 Å². The molecule has 1 aromatic carbocycles. The normalized spacial score (nSPS) is 9.93. The molecular weight excluding hydrogens is 198 g/mol. The van der Waals surface area contributed by atoms with Crippen LogP contribution in [0.2, 0.25) is 0 Å². The van der Waals surface area contributed by atoms with Crippen molar-refractivity contribution in [2.75, 3.05) is 18.9 Å². The minimum atomic E-state index is -1.06. The number of anilines is 1. The van der Waals surface area contributed by atoms with Gasteiger partial charge in [0.1, 0.15) is 11.3 Å².